The first-order valence-corrected chi connectivity index (χ1v) is 8.06. The van der Waals surface area contributed by atoms with Crippen LogP contribution in [0.4, 0.5) is 8.78 Å². The summed E-state index contributed by atoms with van der Waals surface area (Å²) in [5.41, 5.74) is 2.25. The van der Waals surface area contributed by atoms with Crippen LogP contribution in [0.15, 0.2) is 36.5 Å². The molecule has 0 radical (unpaired) electrons. The fourth-order valence-corrected chi connectivity index (χ4v) is 2.44. The third-order valence-electron chi connectivity index (χ3n) is 2.53. The van der Waals surface area contributed by atoms with Gasteiger partial charge in [-0.05, 0) is 0 Å². The fraction of sp³-hybridized carbons (Fsp3) is 0.154. The van der Waals surface area contributed by atoms with E-state index in [4.69, 9.17) is 11.6 Å². The SMILES string of the molecule is Br.FC(F)Oc1ncc([CH2][Zn])cc1-c1cccc(Cl)c1. The number of aromatic nitrogens is 1. The van der Waals surface area contributed by atoms with Gasteiger partial charge in [-0.2, -0.15) is 0 Å². The summed E-state index contributed by atoms with van der Waals surface area (Å²) in [4.78, 5) is 3.97. The fourth-order valence-electron chi connectivity index (χ4n) is 1.67. The minimum atomic E-state index is -2.90. The van der Waals surface area contributed by atoms with E-state index in [2.05, 4.69) is 9.72 Å². The number of pyridine rings is 1. The molecule has 0 amide bonds. The molecule has 1 aromatic carbocycles. The molecule has 0 unspecified atom stereocenters. The molecule has 0 bridgehead atoms. The van der Waals surface area contributed by atoms with Crippen LogP contribution in [0.3, 0.4) is 0 Å². The van der Waals surface area contributed by atoms with Gasteiger partial charge >= 0.3 is 124 Å². The Morgan fingerprint density at radius 1 is 1.30 bits per heavy atom. The number of ether oxygens (including phenoxy) is 1. The monoisotopic (exact) mass is 412 g/mol. The molecular formula is C13H10BrClF2NOZn. The second kappa shape index (κ2) is 8.01. The summed E-state index contributed by atoms with van der Waals surface area (Å²) in [6, 6.07) is 8.79. The van der Waals surface area contributed by atoms with E-state index in [0.29, 0.717) is 16.1 Å². The predicted octanol–water partition coefficient (Wildman–Crippen LogP) is 4.63. The second-order valence-corrected chi connectivity index (χ2v) is 5.32. The van der Waals surface area contributed by atoms with Crippen LogP contribution in [-0.2, 0) is 23.3 Å². The van der Waals surface area contributed by atoms with Gasteiger partial charge in [0.2, 0.25) is 0 Å². The Balaban J connectivity index is 0.00000200. The molecule has 1 aromatic heterocycles. The Morgan fingerprint density at radius 3 is 2.65 bits per heavy atom. The number of alkyl halides is 2. The number of benzene rings is 1. The molecule has 0 aliphatic rings. The number of halogens is 4. The van der Waals surface area contributed by atoms with Crippen molar-refractivity contribution >= 4 is 28.6 Å². The normalized spacial score (nSPS) is 10.3. The van der Waals surface area contributed by atoms with Crippen LogP contribution in [0.5, 0.6) is 5.88 Å². The summed E-state index contributed by atoms with van der Waals surface area (Å²) in [5.74, 6) is -0.0746. The minimum absolute atomic E-state index is 0. The van der Waals surface area contributed by atoms with Crippen LogP contribution >= 0.6 is 28.6 Å². The van der Waals surface area contributed by atoms with Gasteiger partial charge in [0.1, 0.15) is 0 Å². The molecule has 0 saturated heterocycles. The summed E-state index contributed by atoms with van der Waals surface area (Å²) in [6.07, 6.45) is 1.56. The molecule has 2 aromatic rings. The third-order valence-corrected chi connectivity index (χ3v) is 3.98. The Hall–Kier alpha value is -0.577. The van der Waals surface area contributed by atoms with Crippen molar-refractivity contribution in [2.24, 2.45) is 0 Å². The Labute approximate surface area is 140 Å². The quantitative estimate of drug-likeness (QED) is 0.680. The van der Waals surface area contributed by atoms with Crippen molar-refractivity contribution in [2.75, 3.05) is 0 Å². The average molecular weight is 415 g/mol. The van der Waals surface area contributed by atoms with Gasteiger partial charge in [-0.3, -0.25) is 0 Å². The van der Waals surface area contributed by atoms with Crippen LogP contribution in [0, 0.1) is 0 Å². The Kier molecular flexibility index (Phi) is 7.00. The van der Waals surface area contributed by atoms with Crippen LogP contribution in [0.1, 0.15) is 5.56 Å². The Bertz CT molecular complexity index is 586. The standard InChI is InChI=1S/C13H9ClF2NO.BrH.Zn/c1-8-5-11(9-3-2-4-10(14)6-9)12(17-7-8)18-13(15)16;;/h2-7,13H,1H2;1H;. The molecular weight excluding hydrogens is 405 g/mol. The van der Waals surface area contributed by atoms with Crippen molar-refractivity contribution in [3.63, 3.8) is 0 Å². The molecule has 0 saturated carbocycles. The zero-order chi connectivity index (χ0) is 13.8. The van der Waals surface area contributed by atoms with Gasteiger partial charge < -0.3 is 0 Å². The zero-order valence-corrected chi connectivity index (χ0v) is 15.8. The van der Waals surface area contributed by atoms with E-state index in [1.807, 2.05) is 6.07 Å². The van der Waals surface area contributed by atoms with Crippen LogP contribution < -0.4 is 4.74 Å². The maximum absolute atomic E-state index is 12.4. The molecule has 0 aliphatic carbocycles. The van der Waals surface area contributed by atoms with Crippen LogP contribution in [-0.4, -0.2) is 11.6 Å². The van der Waals surface area contributed by atoms with E-state index >= 15 is 0 Å². The van der Waals surface area contributed by atoms with E-state index in [-0.39, 0.29) is 22.9 Å². The summed E-state index contributed by atoms with van der Waals surface area (Å²) in [7, 11) is 0. The summed E-state index contributed by atoms with van der Waals surface area (Å²) in [6.45, 7) is -2.90. The first-order chi connectivity index (χ1) is 9.10. The van der Waals surface area contributed by atoms with E-state index in [1.165, 1.54) is 0 Å². The molecule has 1 heterocycles. The van der Waals surface area contributed by atoms with Gasteiger partial charge in [0.05, 0.1) is 0 Å². The number of nitrogens with zero attached hydrogens (tertiary/aromatic N) is 1. The maximum atomic E-state index is 12.4. The van der Waals surface area contributed by atoms with Crippen LogP contribution in [0.25, 0.3) is 11.1 Å². The summed E-state index contributed by atoms with van der Waals surface area (Å²) in [5, 5.41) is 1.42. The molecule has 2 nitrogen and oxygen atoms in total. The van der Waals surface area contributed by atoms with Crippen molar-refractivity contribution < 1.29 is 31.8 Å². The molecule has 0 aliphatic heterocycles. The van der Waals surface area contributed by atoms with Crippen LogP contribution in [0.2, 0.25) is 5.02 Å². The van der Waals surface area contributed by atoms with E-state index < -0.39 is 6.61 Å². The van der Waals surface area contributed by atoms with Crippen molar-refractivity contribution in [3.05, 3.63) is 47.1 Å². The first kappa shape index (κ1) is 17.5. The predicted molar refractivity (Wildman–Crippen MR) is 75.3 cm³/mol. The van der Waals surface area contributed by atoms with Gasteiger partial charge in [0, 0.05) is 0 Å². The van der Waals surface area contributed by atoms with Gasteiger partial charge in [-0.15, -0.1) is 17.0 Å². The molecule has 2 rings (SSSR count). The Morgan fingerprint density at radius 2 is 2.05 bits per heavy atom. The van der Waals surface area contributed by atoms with E-state index in [1.54, 1.807) is 30.5 Å². The van der Waals surface area contributed by atoms with Crippen molar-refractivity contribution in [1.29, 1.82) is 0 Å². The molecule has 20 heavy (non-hydrogen) atoms. The van der Waals surface area contributed by atoms with Gasteiger partial charge in [0.25, 0.3) is 0 Å². The van der Waals surface area contributed by atoms with Gasteiger partial charge in [-0.25, -0.2) is 0 Å². The van der Waals surface area contributed by atoms with Crippen molar-refractivity contribution in [2.45, 2.75) is 11.6 Å². The van der Waals surface area contributed by atoms with E-state index in [0.717, 1.165) is 28.9 Å². The van der Waals surface area contributed by atoms with Crippen molar-refractivity contribution in [1.82, 2.24) is 4.98 Å². The molecule has 7 heteroatoms. The number of hydrogen-bond acceptors (Lipinski definition) is 2. The van der Waals surface area contributed by atoms with E-state index in [9.17, 15) is 8.78 Å². The number of rotatable bonds is 4. The molecule has 0 spiro atoms. The third kappa shape index (κ3) is 4.47. The number of hydrogen-bond donors (Lipinski definition) is 0. The molecule has 0 fully saturated rings. The van der Waals surface area contributed by atoms with Gasteiger partial charge in [0.15, 0.2) is 0 Å². The zero-order valence-electron chi connectivity index (χ0n) is 10.4. The topological polar surface area (TPSA) is 22.1 Å². The van der Waals surface area contributed by atoms with Crippen molar-refractivity contribution in [3.8, 4) is 17.0 Å². The molecule has 103 valence electrons. The first-order valence-electron chi connectivity index (χ1n) is 5.59. The second-order valence-electron chi connectivity index (χ2n) is 3.84. The summed E-state index contributed by atoms with van der Waals surface area (Å²) < 4.78 is 29.3. The van der Waals surface area contributed by atoms with Gasteiger partial charge in [-0.1, -0.05) is 0 Å². The summed E-state index contributed by atoms with van der Waals surface area (Å²) >= 11 is 7.00. The average Bonchev–Trinajstić information content (AvgIpc) is 2.38. The molecule has 0 N–H and O–H groups in total. The molecule has 0 atom stereocenters.